The number of nitrogens with zero attached hydrogens (tertiary/aromatic N) is 2. The Morgan fingerprint density at radius 1 is 1.36 bits per heavy atom. The van der Waals surface area contributed by atoms with Crippen molar-refractivity contribution in [2.45, 2.75) is 45.7 Å². The molecule has 0 aromatic heterocycles. The maximum absolute atomic E-state index is 4.55. The summed E-state index contributed by atoms with van der Waals surface area (Å²) in [6, 6.07) is 1.17. The highest BCUT2D eigenvalue weighted by molar-refractivity contribution is 5.82. The first-order chi connectivity index (χ1) is 6.66. The van der Waals surface area contributed by atoms with Crippen LogP contribution in [0.25, 0.3) is 0 Å². The summed E-state index contributed by atoms with van der Waals surface area (Å²) in [5, 5.41) is 3.44. The second kappa shape index (κ2) is 3.79. The second-order valence-corrected chi connectivity index (χ2v) is 4.88. The van der Waals surface area contributed by atoms with Crippen molar-refractivity contribution in [2.24, 2.45) is 10.9 Å². The van der Waals surface area contributed by atoms with E-state index in [9.17, 15) is 0 Å². The molecule has 0 aromatic carbocycles. The minimum Gasteiger partial charge on any atom is -0.352 e. The summed E-state index contributed by atoms with van der Waals surface area (Å²) < 4.78 is 0. The highest BCUT2D eigenvalue weighted by Gasteiger charge is 2.27. The van der Waals surface area contributed by atoms with Gasteiger partial charge in [-0.15, -0.1) is 0 Å². The van der Waals surface area contributed by atoms with Crippen molar-refractivity contribution in [1.29, 1.82) is 0 Å². The first-order valence-electron chi connectivity index (χ1n) is 5.74. The standard InChI is InChI=1S/C11H21N3/c1-8-4-5-14(10(3)6-8)11-12-7-9(2)13-11/h8-10H,4-7H2,1-3H3,(H,12,13). The van der Waals surface area contributed by atoms with E-state index in [2.05, 4.69) is 36.0 Å². The molecule has 3 heteroatoms. The Kier molecular flexibility index (Phi) is 2.66. The first-order valence-corrected chi connectivity index (χ1v) is 5.74. The van der Waals surface area contributed by atoms with Gasteiger partial charge in [-0.05, 0) is 32.6 Å². The number of nitrogens with one attached hydrogen (secondary N) is 1. The maximum Gasteiger partial charge on any atom is 0.194 e. The molecule has 2 heterocycles. The lowest BCUT2D eigenvalue weighted by Crippen LogP contribution is -2.49. The third kappa shape index (κ3) is 1.86. The molecular formula is C11H21N3. The molecule has 80 valence electrons. The van der Waals surface area contributed by atoms with E-state index in [0.717, 1.165) is 18.4 Å². The van der Waals surface area contributed by atoms with Crippen molar-refractivity contribution >= 4 is 5.96 Å². The molecule has 1 N–H and O–H groups in total. The molecule has 1 fully saturated rings. The van der Waals surface area contributed by atoms with Gasteiger partial charge >= 0.3 is 0 Å². The Morgan fingerprint density at radius 3 is 2.71 bits per heavy atom. The fourth-order valence-electron chi connectivity index (χ4n) is 2.43. The summed E-state index contributed by atoms with van der Waals surface area (Å²) in [4.78, 5) is 6.98. The number of aliphatic imine (C=N–C) groups is 1. The van der Waals surface area contributed by atoms with Gasteiger partial charge in [0.2, 0.25) is 0 Å². The molecule has 0 spiro atoms. The highest BCUT2D eigenvalue weighted by atomic mass is 15.3. The van der Waals surface area contributed by atoms with E-state index in [1.54, 1.807) is 0 Å². The van der Waals surface area contributed by atoms with E-state index in [4.69, 9.17) is 0 Å². The molecule has 3 nitrogen and oxygen atoms in total. The van der Waals surface area contributed by atoms with Crippen LogP contribution in [0.3, 0.4) is 0 Å². The van der Waals surface area contributed by atoms with E-state index in [1.165, 1.54) is 19.4 Å². The Bertz CT molecular complexity index is 237. The van der Waals surface area contributed by atoms with Crippen LogP contribution in [-0.4, -0.2) is 36.0 Å². The van der Waals surface area contributed by atoms with Crippen LogP contribution in [-0.2, 0) is 0 Å². The molecule has 3 atom stereocenters. The quantitative estimate of drug-likeness (QED) is 0.633. The van der Waals surface area contributed by atoms with Gasteiger partial charge in [0.1, 0.15) is 0 Å². The van der Waals surface area contributed by atoms with Gasteiger partial charge < -0.3 is 10.2 Å². The summed E-state index contributed by atoms with van der Waals surface area (Å²) in [6.45, 7) is 8.95. The van der Waals surface area contributed by atoms with Crippen molar-refractivity contribution < 1.29 is 0 Å². The van der Waals surface area contributed by atoms with Gasteiger partial charge in [-0.3, -0.25) is 4.99 Å². The number of likely N-dealkylation sites (tertiary alicyclic amines) is 1. The fraction of sp³-hybridized carbons (Fsp3) is 0.909. The van der Waals surface area contributed by atoms with E-state index in [-0.39, 0.29) is 0 Å². The SMILES string of the molecule is CC1CCN(C2=NCC(C)N2)C(C)C1. The van der Waals surface area contributed by atoms with Crippen molar-refractivity contribution in [2.75, 3.05) is 13.1 Å². The maximum atomic E-state index is 4.55. The topological polar surface area (TPSA) is 27.6 Å². The van der Waals surface area contributed by atoms with E-state index in [0.29, 0.717) is 12.1 Å². The number of guanidine groups is 1. The Hall–Kier alpha value is -0.730. The van der Waals surface area contributed by atoms with Gasteiger partial charge in [0.05, 0.1) is 6.54 Å². The van der Waals surface area contributed by atoms with Crippen LogP contribution in [0.4, 0.5) is 0 Å². The minimum atomic E-state index is 0.525. The number of piperidine rings is 1. The monoisotopic (exact) mass is 195 g/mol. The molecule has 1 saturated heterocycles. The normalized spacial score (nSPS) is 38.1. The highest BCUT2D eigenvalue weighted by Crippen LogP contribution is 2.22. The lowest BCUT2D eigenvalue weighted by molar-refractivity contribution is 0.205. The molecule has 0 bridgehead atoms. The van der Waals surface area contributed by atoms with Crippen LogP contribution in [0, 0.1) is 5.92 Å². The third-order valence-electron chi connectivity index (χ3n) is 3.30. The molecule has 0 aromatic rings. The fourth-order valence-corrected chi connectivity index (χ4v) is 2.43. The molecule has 0 saturated carbocycles. The van der Waals surface area contributed by atoms with Crippen molar-refractivity contribution in [3.63, 3.8) is 0 Å². The Morgan fingerprint density at radius 2 is 2.14 bits per heavy atom. The number of hydrogen-bond acceptors (Lipinski definition) is 3. The average Bonchev–Trinajstić information content (AvgIpc) is 2.51. The van der Waals surface area contributed by atoms with Gasteiger partial charge in [0.15, 0.2) is 5.96 Å². The molecule has 2 rings (SSSR count). The van der Waals surface area contributed by atoms with Crippen molar-refractivity contribution in [1.82, 2.24) is 10.2 Å². The smallest absolute Gasteiger partial charge is 0.194 e. The molecule has 2 aliphatic heterocycles. The lowest BCUT2D eigenvalue weighted by Gasteiger charge is -2.37. The average molecular weight is 195 g/mol. The van der Waals surface area contributed by atoms with Crippen LogP contribution in [0.1, 0.15) is 33.6 Å². The summed E-state index contributed by atoms with van der Waals surface area (Å²) in [5.41, 5.74) is 0. The minimum absolute atomic E-state index is 0.525. The van der Waals surface area contributed by atoms with Gasteiger partial charge in [-0.2, -0.15) is 0 Å². The summed E-state index contributed by atoms with van der Waals surface area (Å²) >= 11 is 0. The van der Waals surface area contributed by atoms with Crippen molar-refractivity contribution in [3.05, 3.63) is 0 Å². The number of rotatable bonds is 0. The van der Waals surface area contributed by atoms with Crippen molar-refractivity contribution in [3.8, 4) is 0 Å². The second-order valence-electron chi connectivity index (χ2n) is 4.88. The Balaban J connectivity index is 1.98. The molecular weight excluding hydrogens is 174 g/mol. The van der Waals surface area contributed by atoms with E-state index < -0.39 is 0 Å². The van der Waals surface area contributed by atoms with E-state index >= 15 is 0 Å². The third-order valence-corrected chi connectivity index (χ3v) is 3.30. The predicted molar refractivity (Wildman–Crippen MR) is 59.5 cm³/mol. The largest absolute Gasteiger partial charge is 0.352 e. The van der Waals surface area contributed by atoms with Crippen LogP contribution < -0.4 is 5.32 Å². The number of hydrogen-bond donors (Lipinski definition) is 1. The van der Waals surface area contributed by atoms with Gasteiger partial charge in [0.25, 0.3) is 0 Å². The first kappa shape index (κ1) is 9.81. The van der Waals surface area contributed by atoms with Gasteiger partial charge in [-0.25, -0.2) is 0 Å². The summed E-state index contributed by atoms with van der Waals surface area (Å²) in [5.74, 6) is 2.01. The van der Waals surface area contributed by atoms with Crippen LogP contribution in [0.15, 0.2) is 4.99 Å². The van der Waals surface area contributed by atoms with Crippen LogP contribution in [0.2, 0.25) is 0 Å². The van der Waals surface area contributed by atoms with Gasteiger partial charge in [0, 0.05) is 18.6 Å². The zero-order chi connectivity index (χ0) is 10.1. The molecule has 0 radical (unpaired) electrons. The summed E-state index contributed by atoms with van der Waals surface area (Å²) in [6.07, 6.45) is 2.61. The molecule has 0 aliphatic carbocycles. The molecule has 3 unspecified atom stereocenters. The molecule has 0 amide bonds. The van der Waals surface area contributed by atoms with E-state index in [1.807, 2.05) is 0 Å². The predicted octanol–water partition coefficient (Wildman–Crippen LogP) is 1.45. The summed E-state index contributed by atoms with van der Waals surface area (Å²) in [7, 11) is 0. The van der Waals surface area contributed by atoms with Gasteiger partial charge in [-0.1, -0.05) is 6.92 Å². The van der Waals surface area contributed by atoms with Crippen LogP contribution >= 0.6 is 0 Å². The zero-order valence-electron chi connectivity index (χ0n) is 9.45. The van der Waals surface area contributed by atoms with Crippen LogP contribution in [0.5, 0.6) is 0 Å². The lowest BCUT2D eigenvalue weighted by atomic mass is 9.94. The zero-order valence-corrected chi connectivity index (χ0v) is 9.45. The Labute approximate surface area is 86.6 Å². The molecule has 14 heavy (non-hydrogen) atoms. The molecule has 2 aliphatic rings.